The van der Waals surface area contributed by atoms with E-state index in [2.05, 4.69) is 127 Å². The molecule has 9 aromatic rings. The molecule has 0 saturated heterocycles. The summed E-state index contributed by atoms with van der Waals surface area (Å²) >= 11 is 0. The van der Waals surface area contributed by atoms with E-state index < -0.39 is 0 Å². The SMILES string of the molecule is c1ccc(-c2nc(-c3ccc(-c4ccc5c(c4)C4(CCCCC4)c4cc6c(cc4-5)C4(CCCCC4)c4ccccc4-6)cc3)cc(-c3ccc4c(c3)oc3ccccc34)n2)cc1. The molecule has 2 spiro atoms. The molecule has 2 saturated carbocycles. The molecule has 61 heavy (non-hydrogen) atoms. The van der Waals surface area contributed by atoms with Crippen LogP contribution < -0.4 is 0 Å². The number of furan rings is 1. The fourth-order valence-electron chi connectivity index (χ4n) is 12.2. The van der Waals surface area contributed by atoms with Crippen molar-refractivity contribution in [3.63, 3.8) is 0 Å². The van der Waals surface area contributed by atoms with Gasteiger partial charge in [0.15, 0.2) is 5.82 Å². The van der Waals surface area contributed by atoms with Crippen LogP contribution in [0.4, 0.5) is 0 Å². The molecule has 294 valence electrons. The Bertz CT molecular complexity index is 3200. The van der Waals surface area contributed by atoms with Gasteiger partial charge in [0, 0.05) is 38.3 Å². The van der Waals surface area contributed by atoms with E-state index in [4.69, 9.17) is 14.4 Å². The van der Waals surface area contributed by atoms with Crippen molar-refractivity contribution in [2.75, 3.05) is 0 Å². The summed E-state index contributed by atoms with van der Waals surface area (Å²) in [7, 11) is 0. The highest BCUT2D eigenvalue weighted by Gasteiger charge is 2.49. The molecule has 0 bridgehead atoms. The second-order valence-electron chi connectivity index (χ2n) is 18.2. The fraction of sp³-hybridized carbons (Fsp3) is 0.207. The zero-order valence-corrected chi connectivity index (χ0v) is 34.4. The number of hydrogen-bond acceptors (Lipinski definition) is 3. The quantitative estimate of drug-likeness (QED) is 0.178. The summed E-state index contributed by atoms with van der Waals surface area (Å²) in [5, 5.41) is 2.24. The lowest BCUT2D eigenvalue weighted by Gasteiger charge is -2.37. The van der Waals surface area contributed by atoms with E-state index >= 15 is 0 Å². The van der Waals surface area contributed by atoms with Gasteiger partial charge in [0.25, 0.3) is 0 Å². The second-order valence-corrected chi connectivity index (χ2v) is 18.2. The molecule has 0 N–H and O–H groups in total. The second kappa shape index (κ2) is 13.5. The van der Waals surface area contributed by atoms with Crippen LogP contribution in [0.5, 0.6) is 0 Å². The van der Waals surface area contributed by atoms with Crippen LogP contribution in [-0.2, 0) is 10.8 Å². The third-order valence-electron chi connectivity index (χ3n) is 15.1. The smallest absolute Gasteiger partial charge is 0.160 e. The minimum Gasteiger partial charge on any atom is -0.456 e. The third kappa shape index (κ3) is 5.29. The normalized spacial score (nSPS) is 16.8. The van der Waals surface area contributed by atoms with Crippen molar-refractivity contribution in [1.82, 2.24) is 9.97 Å². The van der Waals surface area contributed by atoms with Crippen LogP contribution in [0.25, 0.3) is 89.2 Å². The summed E-state index contributed by atoms with van der Waals surface area (Å²) in [6.07, 6.45) is 12.9. The summed E-state index contributed by atoms with van der Waals surface area (Å²) in [5.74, 6) is 0.710. The molecule has 0 aliphatic heterocycles. The number of rotatable bonds is 4. The van der Waals surface area contributed by atoms with Crippen LogP contribution in [0.2, 0.25) is 0 Å². The van der Waals surface area contributed by atoms with Gasteiger partial charge in [-0.05, 0) is 124 Å². The first-order chi connectivity index (χ1) is 30.1. The minimum atomic E-state index is 0.0712. The molecule has 0 unspecified atom stereocenters. The highest BCUT2D eigenvalue weighted by Crippen LogP contribution is 2.62. The van der Waals surface area contributed by atoms with E-state index in [1.165, 1.54) is 97.6 Å². The van der Waals surface area contributed by atoms with Crippen molar-refractivity contribution in [2.45, 2.75) is 75.0 Å². The summed E-state index contributed by atoms with van der Waals surface area (Å²) in [4.78, 5) is 10.3. The maximum Gasteiger partial charge on any atom is 0.160 e. The average Bonchev–Trinajstić information content (AvgIpc) is 3.92. The van der Waals surface area contributed by atoms with Gasteiger partial charge in [-0.1, -0.05) is 154 Å². The molecule has 4 aliphatic carbocycles. The van der Waals surface area contributed by atoms with Crippen LogP contribution in [0.3, 0.4) is 0 Å². The standard InChI is InChI=1S/C58H46N2O/c1-4-14-39(15-5-1)56-59-52(36-53(60-56)41-25-27-45-44-17-7-9-19-54(44)61-55(45)33-41)38-22-20-37(21-23-38)40-24-26-43-47-35-50-46(34-51(47)58(49(43)32-40)30-12-3-13-31-58)42-16-6-8-18-48(42)57(50)28-10-2-11-29-57/h1,4-9,14-27,32-36H,2-3,10-13,28-31H2. The lowest BCUT2D eigenvalue weighted by Crippen LogP contribution is -2.29. The molecule has 2 fully saturated rings. The Morgan fingerprint density at radius 3 is 1.66 bits per heavy atom. The topological polar surface area (TPSA) is 38.9 Å². The molecule has 3 heteroatoms. The molecular formula is C58H46N2O. The monoisotopic (exact) mass is 786 g/mol. The van der Waals surface area contributed by atoms with E-state index in [1.54, 1.807) is 22.3 Å². The van der Waals surface area contributed by atoms with Crippen molar-refractivity contribution >= 4 is 21.9 Å². The predicted molar refractivity (Wildman–Crippen MR) is 250 cm³/mol. The molecule has 4 aliphatic rings. The lowest BCUT2D eigenvalue weighted by atomic mass is 9.66. The van der Waals surface area contributed by atoms with E-state index in [-0.39, 0.29) is 10.8 Å². The first-order valence-electron chi connectivity index (χ1n) is 22.6. The van der Waals surface area contributed by atoms with Gasteiger partial charge in [0.05, 0.1) is 11.4 Å². The molecule has 13 rings (SSSR count). The molecule has 2 aromatic heterocycles. The number of para-hydroxylation sites is 1. The first kappa shape index (κ1) is 35.2. The molecule has 7 aromatic carbocycles. The molecular weight excluding hydrogens is 741 g/mol. The van der Waals surface area contributed by atoms with Gasteiger partial charge < -0.3 is 4.42 Å². The zero-order chi connectivity index (χ0) is 40.1. The summed E-state index contributed by atoms with van der Waals surface area (Å²) < 4.78 is 6.29. The van der Waals surface area contributed by atoms with Crippen molar-refractivity contribution in [1.29, 1.82) is 0 Å². The maximum absolute atomic E-state index is 6.29. The van der Waals surface area contributed by atoms with Gasteiger partial charge in [0.1, 0.15) is 11.2 Å². The van der Waals surface area contributed by atoms with E-state index in [1.807, 2.05) is 30.3 Å². The molecule has 0 radical (unpaired) electrons. The van der Waals surface area contributed by atoms with E-state index in [9.17, 15) is 0 Å². The van der Waals surface area contributed by atoms with Crippen molar-refractivity contribution in [3.8, 4) is 67.3 Å². The summed E-state index contributed by atoms with van der Waals surface area (Å²) in [6.45, 7) is 0. The number of aromatic nitrogens is 2. The number of benzene rings is 7. The van der Waals surface area contributed by atoms with Crippen molar-refractivity contribution in [2.24, 2.45) is 0 Å². The minimum absolute atomic E-state index is 0.0712. The van der Waals surface area contributed by atoms with Gasteiger partial charge in [-0.3, -0.25) is 0 Å². The van der Waals surface area contributed by atoms with Gasteiger partial charge in [-0.25, -0.2) is 9.97 Å². The van der Waals surface area contributed by atoms with E-state index in [0.717, 1.165) is 50.0 Å². The summed E-state index contributed by atoms with van der Waals surface area (Å²) in [6, 6.07) is 58.3. The molecule has 3 nitrogen and oxygen atoms in total. The third-order valence-corrected chi connectivity index (χ3v) is 15.1. The summed E-state index contributed by atoms with van der Waals surface area (Å²) in [5.41, 5.74) is 21.6. The van der Waals surface area contributed by atoms with Crippen LogP contribution in [0.1, 0.15) is 86.5 Å². The van der Waals surface area contributed by atoms with Crippen LogP contribution in [0, 0.1) is 0 Å². The van der Waals surface area contributed by atoms with Crippen LogP contribution in [-0.4, -0.2) is 9.97 Å². The molecule has 0 atom stereocenters. The predicted octanol–water partition coefficient (Wildman–Crippen LogP) is 15.5. The van der Waals surface area contributed by atoms with Gasteiger partial charge >= 0.3 is 0 Å². The zero-order valence-electron chi connectivity index (χ0n) is 34.4. The Morgan fingerprint density at radius 2 is 0.902 bits per heavy atom. The van der Waals surface area contributed by atoms with Crippen molar-refractivity contribution < 1.29 is 4.42 Å². The van der Waals surface area contributed by atoms with Gasteiger partial charge in [-0.2, -0.15) is 0 Å². The highest BCUT2D eigenvalue weighted by molar-refractivity contribution is 6.06. The fourth-order valence-corrected chi connectivity index (χ4v) is 12.2. The molecule has 0 amide bonds. The first-order valence-corrected chi connectivity index (χ1v) is 22.6. The average molecular weight is 787 g/mol. The largest absolute Gasteiger partial charge is 0.456 e. The molecule has 2 heterocycles. The van der Waals surface area contributed by atoms with Crippen LogP contribution in [0.15, 0.2) is 162 Å². The van der Waals surface area contributed by atoms with E-state index in [0.29, 0.717) is 5.82 Å². The van der Waals surface area contributed by atoms with Crippen molar-refractivity contribution in [3.05, 3.63) is 180 Å². The highest BCUT2D eigenvalue weighted by atomic mass is 16.3. The number of nitrogens with zero attached hydrogens (tertiary/aromatic N) is 2. The van der Waals surface area contributed by atoms with Gasteiger partial charge in [0.2, 0.25) is 0 Å². The Kier molecular flexibility index (Phi) is 7.77. The lowest BCUT2D eigenvalue weighted by molar-refractivity contribution is 0.350. The number of fused-ring (bicyclic) bond motifs is 13. The Hall–Kier alpha value is -6.58. The van der Waals surface area contributed by atoms with Crippen LogP contribution >= 0.6 is 0 Å². The Balaban J connectivity index is 0.891. The van der Waals surface area contributed by atoms with Gasteiger partial charge in [-0.15, -0.1) is 0 Å². The maximum atomic E-state index is 6.29. The Morgan fingerprint density at radius 1 is 0.344 bits per heavy atom. The Labute approximate surface area is 357 Å². The number of hydrogen-bond donors (Lipinski definition) is 0.